The molecule has 8 heteroatoms. The number of esters is 1. The highest BCUT2D eigenvalue weighted by molar-refractivity contribution is 6.01. The van der Waals surface area contributed by atoms with Crippen molar-refractivity contribution in [1.82, 2.24) is 4.90 Å². The molecule has 5 rings (SSSR count). The fraction of sp³-hybridized carbons (Fsp3) is 0.793. The molecule has 0 amide bonds. The second-order valence-electron chi connectivity index (χ2n) is 13.9. The van der Waals surface area contributed by atoms with E-state index in [1.165, 1.54) is 18.2 Å². The van der Waals surface area contributed by atoms with Crippen molar-refractivity contribution in [2.75, 3.05) is 26.5 Å². The number of nitrogens with zero attached hydrogens (tertiary/aromatic N) is 1. The van der Waals surface area contributed by atoms with Gasteiger partial charge in [-0.05, 0) is 79.5 Å². The number of alkyl halides is 3. The Kier molecular flexibility index (Phi) is 6.12. The maximum absolute atomic E-state index is 17.4. The lowest BCUT2D eigenvalue weighted by Gasteiger charge is -2.63. The molecule has 206 valence electrons. The number of carbonyl (C=O) groups is 2. The highest BCUT2D eigenvalue weighted by atomic mass is 19.1. The topological polar surface area (TPSA) is 66.8 Å². The van der Waals surface area contributed by atoms with Crippen LogP contribution in [0.1, 0.15) is 60.3 Å². The summed E-state index contributed by atoms with van der Waals surface area (Å²) in [6, 6.07) is 0. The Labute approximate surface area is 217 Å². The largest absolute Gasteiger partial charge is 0.433 e. The third kappa shape index (κ3) is 3.49. The third-order valence-electron chi connectivity index (χ3n) is 11.0. The average Bonchev–Trinajstić information content (AvgIpc) is 3.29. The minimum atomic E-state index is -2.20. The summed E-state index contributed by atoms with van der Waals surface area (Å²) in [5.74, 6) is -2.48. The number of fused-ring (bicyclic) bond motifs is 7. The summed E-state index contributed by atoms with van der Waals surface area (Å²) in [5, 5.41) is 11.6. The summed E-state index contributed by atoms with van der Waals surface area (Å²) < 4.78 is 51.5. The number of rotatable bonds is 4. The lowest BCUT2D eigenvalue weighted by molar-refractivity contribution is -0.218. The second-order valence-corrected chi connectivity index (χ2v) is 13.9. The lowest BCUT2D eigenvalue weighted by atomic mass is 9.43. The molecule has 1 N–H and O–H groups in total. The molecule has 0 bridgehead atoms. The molecule has 4 fully saturated rings. The van der Waals surface area contributed by atoms with Gasteiger partial charge in [-0.3, -0.25) is 9.59 Å². The number of hydrogen-bond acceptors (Lipinski definition) is 5. The number of ether oxygens (including phenoxy) is 1. The SMILES string of the molecule is CC(C)(C)CCN1C[C@@H]2C[C@H]3[C@@H]4C[C@H](F)C5=CC(=O)C=C[C@]5(C)[C@@]4(F)[C@@H](O)C[C@]3(C)[C@]2(C(=O)OCF)C1. The van der Waals surface area contributed by atoms with Crippen LogP contribution in [0.25, 0.3) is 0 Å². The van der Waals surface area contributed by atoms with Crippen molar-refractivity contribution >= 4 is 11.8 Å². The van der Waals surface area contributed by atoms with Crippen LogP contribution in [0.5, 0.6) is 0 Å². The molecule has 4 aliphatic carbocycles. The number of carbonyl (C=O) groups excluding carboxylic acids is 2. The second kappa shape index (κ2) is 8.41. The number of hydrogen-bond donors (Lipinski definition) is 1. The fourth-order valence-electron chi connectivity index (χ4n) is 9.05. The predicted molar refractivity (Wildman–Crippen MR) is 133 cm³/mol. The number of likely N-dealkylation sites (tertiary alicyclic amines) is 1. The van der Waals surface area contributed by atoms with Gasteiger partial charge in [0.15, 0.2) is 11.5 Å². The molecule has 0 unspecified atom stereocenters. The van der Waals surface area contributed by atoms with Crippen molar-refractivity contribution in [3.05, 3.63) is 23.8 Å². The molecule has 0 radical (unpaired) electrons. The van der Waals surface area contributed by atoms with Crippen molar-refractivity contribution < 1.29 is 32.6 Å². The molecule has 0 spiro atoms. The zero-order valence-electron chi connectivity index (χ0n) is 22.5. The zero-order chi connectivity index (χ0) is 27.2. The number of ketones is 1. The highest BCUT2D eigenvalue weighted by Gasteiger charge is 2.78. The van der Waals surface area contributed by atoms with Crippen LogP contribution in [0, 0.1) is 39.4 Å². The van der Waals surface area contributed by atoms with E-state index in [1.54, 1.807) is 6.92 Å². The molecule has 1 aliphatic heterocycles. The first kappa shape index (κ1) is 26.9. The summed E-state index contributed by atoms with van der Waals surface area (Å²) in [4.78, 5) is 27.9. The standard InChI is InChI=1S/C29H40F3NO4/c1-25(2,3)8-9-33-14-17-10-19-20-12-22(31)21-11-18(34)6-7-26(21,4)29(20,32)23(35)13-27(19,5)28(17,15-33)24(36)37-16-30/h6-7,11,17,19-20,22-23,35H,8-10,12-16H2,1-5H3/t17-,19-,20-,22-,23-,26-,27-,28+,29-/m0/s1. The first-order chi connectivity index (χ1) is 17.1. The first-order valence-corrected chi connectivity index (χ1v) is 13.6. The molecule has 37 heavy (non-hydrogen) atoms. The smallest absolute Gasteiger partial charge is 0.316 e. The van der Waals surface area contributed by atoms with Crippen molar-refractivity contribution in [1.29, 1.82) is 0 Å². The molecule has 5 aliphatic rings. The van der Waals surface area contributed by atoms with Gasteiger partial charge in [-0.15, -0.1) is 0 Å². The van der Waals surface area contributed by atoms with E-state index in [4.69, 9.17) is 4.74 Å². The number of halogens is 3. The van der Waals surface area contributed by atoms with E-state index in [2.05, 4.69) is 25.7 Å². The molecule has 0 aromatic heterocycles. The van der Waals surface area contributed by atoms with Gasteiger partial charge < -0.3 is 14.7 Å². The van der Waals surface area contributed by atoms with Gasteiger partial charge in [0.25, 0.3) is 0 Å². The Bertz CT molecular complexity index is 1050. The van der Waals surface area contributed by atoms with Crippen molar-refractivity contribution in [3.8, 4) is 0 Å². The van der Waals surface area contributed by atoms with Gasteiger partial charge in [0, 0.05) is 24.4 Å². The van der Waals surface area contributed by atoms with E-state index in [1.807, 2.05) is 6.92 Å². The van der Waals surface area contributed by atoms with Crippen LogP contribution in [-0.2, 0) is 14.3 Å². The summed E-state index contributed by atoms with van der Waals surface area (Å²) in [6.45, 7) is 10.4. The van der Waals surface area contributed by atoms with E-state index < -0.39 is 58.9 Å². The normalized spacial score (nSPS) is 47.1. The molecule has 5 nitrogen and oxygen atoms in total. The minimum absolute atomic E-state index is 0.0166. The molecule has 0 aromatic rings. The van der Waals surface area contributed by atoms with Crippen LogP contribution < -0.4 is 0 Å². The van der Waals surface area contributed by atoms with Crippen LogP contribution in [0.2, 0.25) is 0 Å². The van der Waals surface area contributed by atoms with Crippen LogP contribution in [0.3, 0.4) is 0 Å². The van der Waals surface area contributed by atoms with Gasteiger partial charge in [0.1, 0.15) is 6.17 Å². The van der Waals surface area contributed by atoms with Crippen LogP contribution in [0.15, 0.2) is 23.8 Å². The Balaban J connectivity index is 1.56. The van der Waals surface area contributed by atoms with Gasteiger partial charge in [-0.2, -0.15) is 0 Å². The third-order valence-corrected chi connectivity index (χ3v) is 11.0. The molecular formula is C29H40F3NO4. The van der Waals surface area contributed by atoms with Gasteiger partial charge in [-0.25, -0.2) is 13.2 Å². The van der Waals surface area contributed by atoms with Gasteiger partial charge >= 0.3 is 5.97 Å². The van der Waals surface area contributed by atoms with E-state index >= 15 is 8.78 Å². The Hall–Kier alpha value is -1.67. The number of allylic oxidation sites excluding steroid dienone is 4. The lowest BCUT2D eigenvalue weighted by Crippen LogP contribution is -2.69. The Morgan fingerprint density at radius 1 is 1.24 bits per heavy atom. The predicted octanol–water partition coefficient (Wildman–Crippen LogP) is 4.74. The van der Waals surface area contributed by atoms with Crippen molar-refractivity contribution in [2.24, 2.45) is 39.4 Å². The quantitative estimate of drug-likeness (QED) is 0.540. The maximum Gasteiger partial charge on any atom is 0.316 e. The zero-order valence-corrected chi connectivity index (χ0v) is 22.5. The number of aliphatic hydroxyl groups excluding tert-OH is 1. The van der Waals surface area contributed by atoms with E-state index in [0.29, 0.717) is 19.5 Å². The molecule has 1 saturated heterocycles. The fourth-order valence-corrected chi connectivity index (χ4v) is 9.05. The van der Waals surface area contributed by atoms with Crippen LogP contribution in [0.4, 0.5) is 13.2 Å². The maximum atomic E-state index is 17.4. The summed E-state index contributed by atoms with van der Waals surface area (Å²) in [6.07, 6.45) is 2.06. The van der Waals surface area contributed by atoms with Crippen LogP contribution in [-0.4, -0.2) is 66.2 Å². The van der Waals surface area contributed by atoms with Crippen LogP contribution >= 0.6 is 0 Å². The van der Waals surface area contributed by atoms with Crippen molar-refractivity contribution in [2.45, 2.75) is 78.2 Å². The van der Waals surface area contributed by atoms with E-state index in [0.717, 1.165) is 13.0 Å². The van der Waals surface area contributed by atoms with Crippen molar-refractivity contribution in [3.63, 3.8) is 0 Å². The van der Waals surface area contributed by atoms with Gasteiger partial charge in [0.05, 0.1) is 11.5 Å². The molecule has 0 aromatic carbocycles. The minimum Gasteiger partial charge on any atom is -0.433 e. The summed E-state index contributed by atoms with van der Waals surface area (Å²) in [7, 11) is 0. The monoisotopic (exact) mass is 523 g/mol. The van der Waals surface area contributed by atoms with E-state index in [-0.39, 0.29) is 35.5 Å². The molecular weight excluding hydrogens is 483 g/mol. The van der Waals surface area contributed by atoms with Gasteiger partial charge in [-0.1, -0.05) is 33.8 Å². The molecule has 1 heterocycles. The Morgan fingerprint density at radius 2 is 1.95 bits per heavy atom. The number of aliphatic hydroxyl groups is 1. The van der Waals surface area contributed by atoms with Gasteiger partial charge in [0.2, 0.25) is 6.86 Å². The highest BCUT2D eigenvalue weighted by Crippen LogP contribution is 2.74. The van der Waals surface area contributed by atoms with E-state index in [9.17, 15) is 19.1 Å². The Morgan fingerprint density at radius 3 is 2.59 bits per heavy atom. The summed E-state index contributed by atoms with van der Waals surface area (Å²) in [5.41, 5.74) is -5.48. The average molecular weight is 524 g/mol. The molecule has 3 saturated carbocycles. The summed E-state index contributed by atoms with van der Waals surface area (Å²) >= 11 is 0. The first-order valence-electron chi connectivity index (χ1n) is 13.6. The molecule has 9 atom stereocenters.